The topological polar surface area (TPSA) is 64.7 Å². The molecule has 3 rings (SSSR count). The van der Waals surface area contributed by atoms with Gasteiger partial charge in [-0.25, -0.2) is 9.97 Å². The first kappa shape index (κ1) is 9.65. The molecule has 17 heavy (non-hydrogen) atoms. The first-order valence-electron chi connectivity index (χ1n) is 5.06. The van der Waals surface area contributed by atoms with Crippen molar-refractivity contribution in [1.29, 1.82) is 0 Å². The second-order valence-corrected chi connectivity index (χ2v) is 3.45. The zero-order valence-corrected chi connectivity index (χ0v) is 8.82. The van der Waals surface area contributed by atoms with Gasteiger partial charge in [-0.15, -0.1) is 0 Å². The first-order valence-corrected chi connectivity index (χ1v) is 5.06. The molecule has 0 aromatic carbocycles. The van der Waals surface area contributed by atoms with Crippen molar-refractivity contribution < 1.29 is 4.52 Å². The van der Waals surface area contributed by atoms with Gasteiger partial charge >= 0.3 is 0 Å². The van der Waals surface area contributed by atoms with E-state index in [1.54, 1.807) is 24.8 Å². The van der Waals surface area contributed by atoms with Crippen LogP contribution in [0.1, 0.15) is 0 Å². The van der Waals surface area contributed by atoms with Gasteiger partial charge in [0, 0.05) is 42.0 Å². The van der Waals surface area contributed by atoms with Crippen LogP contribution >= 0.6 is 0 Å². The van der Waals surface area contributed by atoms with Gasteiger partial charge in [-0.1, -0.05) is 5.16 Å². The van der Waals surface area contributed by atoms with Crippen LogP contribution in [-0.2, 0) is 0 Å². The molecule has 0 atom stereocenters. The molecule has 0 saturated heterocycles. The van der Waals surface area contributed by atoms with Crippen molar-refractivity contribution in [2.45, 2.75) is 0 Å². The van der Waals surface area contributed by atoms with E-state index in [1.807, 2.05) is 18.2 Å². The molecule has 0 saturated carbocycles. The fraction of sp³-hybridized carbons (Fsp3) is 0. The maximum atomic E-state index is 5.26. The van der Waals surface area contributed by atoms with Crippen molar-refractivity contribution in [2.75, 3.05) is 0 Å². The van der Waals surface area contributed by atoms with Gasteiger partial charge in [0.2, 0.25) is 0 Å². The maximum Gasteiger partial charge on any atom is 0.169 e. The smallest absolute Gasteiger partial charge is 0.169 e. The number of rotatable bonds is 2. The lowest BCUT2D eigenvalue weighted by atomic mass is 10.2. The molecule has 0 aliphatic rings. The monoisotopic (exact) mass is 224 g/mol. The SMILES string of the molecule is c1cncc(-c2cc(-c3cncnc3)no2)c1. The molecule has 5 nitrogen and oxygen atoms in total. The molecular weight excluding hydrogens is 216 g/mol. The molecule has 0 fully saturated rings. The minimum atomic E-state index is 0.678. The quantitative estimate of drug-likeness (QED) is 0.667. The number of pyridine rings is 1. The molecule has 0 amide bonds. The van der Waals surface area contributed by atoms with Gasteiger partial charge < -0.3 is 4.52 Å². The fourth-order valence-electron chi connectivity index (χ4n) is 1.49. The van der Waals surface area contributed by atoms with Crippen LogP contribution in [-0.4, -0.2) is 20.1 Å². The van der Waals surface area contributed by atoms with Gasteiger partial charge in [-0.05, 0) is 12.1 Å². The average Bonchev–Trinajstić information content (AvgIpc) is 2.90. The van der Waals surface area contributed by atoms with Crippen molar-refractivity contribution in [3.63, 3.8) is 0 Å². The maximum absolute atomic E-state index is 5.26. The Morgan fingerprint density at radius 2 is 1.76 bits per heavy atom. The van der Waals surface area contributed by atoms with Crippen molar-refractivity contribution in [1.82, 2.24) is 20.1 Å². The summed E-state index contributed by atoms with van der Waals surface area (Å²) in [7, 11) is 0. The summed E-state index contributed by atoms with van der Waals surface area (Å²) in [5.74, 6) is 0.678. The summed E-state index contributed by atoms with van der Waals surface area (Å²) in [6, 6.07) is 5.61. The summed E-state index contributed by atoms with van der Waals surface area (Å²) in [6.07, 6.45) is 8.30. The minimum absolute atomic E-state index is 0.678. The van der Waals surface area contributed by atoms with E-state index in [9.17, 15) is 0 Å². The second kappa shape index (κ2) is 4.13. The lowest BCUT2D eigenvalue weighted by Gasteiger charge is -1.91. The van der Waals surface area contributed by atoms with E-state index < -0.39 is 0 Å². The molecule has 5 heteroatoms. The van der Waals surface area contributed by atoms with E-state index in [0.717, 1.165) is 11.1 Å². The van der Waals surface area contributed by atoms with Crippen LogP contribution in [0.4, 0.5) is 0 Å². The molecule has 0 bridgehead atoms. The highest BCUT2D eigenvalue weighted by Crippen LogP contribution is 2.24. The molecule has 0 aliphatic carbocycles. The van der Waals surface area contributed by atoms with Crippen molar-refractivity contribution >= 4 is 0 Å². The van der Waals surface area contributed by atoms with E-state index in [0.29, 0.717) is 11.5 Å². The Morgan fingerprint density at radius 1 is 0.941 bits per heavy atom. The molecule has 0 unspecified atom stereocenters. The van der Waals surface area contributed by atoms with Gasteiger partial charge in [-0.3, -0.25) is 4.98 Å². The van der Waals surface area contributed by atoms with Crippen LogP contribution in [0.3, 0.4) is 0 Å². The van der Waals surface area contributed by atoms with E-state index in [1.165, 1.54) is 6.33 Å². The molecule has 0 radical (unpaired) electrons. The zero-order chi connectivity index (χ0) is 11.5. The lowest BCUT2D eigenvalue weighted by Crippen LogP contribution is -1.80. The van der Waals surface area contributed by atoms with Gasteiger partial charge in [-0.2, -0.15) is 0 Å². The number of nitrogens with zero attached hydrogens (tertiary/aromatic N) is 4. The van der Waals surface area contributed by atoms with E-state index in [4.69, 9.17) is 4.52 Å². The summed E-state index contributed by atoms with van der Waals surface area (Å²) in [5, 5.41) is 3.98. The van der Waals surface area contributed by atoms with E-state index >= 15 is 0 Å². The standard InChI is InChI=1S/C12H8N4O/c1-2-9(5-13-3-1)12-4-11(16-17-12)10-6-14-8-15-7-10/h1-8H. The van der Waals surface area contributed by atoms with Gasteiger partial charge in [0.05, 0.1) is 0 Å². The molecule has 82 valence electrons. The predicted octanol–water partition coefficient (Wildman–Crippen LogP) is 2.19. The van der Waals surface area contributed by atoms with Crippen LogP contribution in [0.5, 0.6) is 0 Å². The molecule has 3 heterocycles. The third-order valence-electron chi connectivity index (χ3n) is 2.31. The summed E-state index contributed by atoms with van der Waals surface area (Å²) >= 11 is 0. The Morgan fingerprint density at radius 3 is 2.53 bits per heavy atom. The lowest BCUT2D eigenvalue weighted by molar-refractivity contribution is 0.434. The van der Waals surface area contributed by atoms with Crippen molar-refractivity contribution in [3.8, 4) is 22.6 Å². The largest absolute Gasteiger partial charge is 0.356 e. The summed E-state index contributed by atoms with van der Waals surface area (Å²) < 4.78 is 5.26. The first-order chi connectivity index (χ1) is 8.43. The van der Waals surface area contributed by atoms with Crippen LogP contribution in [0.25, 0.3) is 22.6 Å². The normalized spacial score (nSPS) is 10.4. The summed E-state index contributed by atoms with van der Waals surface area (Å²) in [5.41, 5.74) is 2.43. The highest BCUT2D eigenvalue weighted by molar-refractivity contribution is 5.64. The Hall–Kier alpha value is -2.56. The van der Waals surface area contributed by atoms with Crippen molar-refractivity contribution in [3.05, 3.63) is 49.3 Å². The van der Waals surface area contributed by atoms with E-state index in [2.05, 4.69) is 20.1 Å². The Balaban J connectivity index is 1.99. The molecule has 3 aromatic rings. The van der Waals surface area contributed by atoms with Crippen LogP contribution in [0.2, 0.25) is 0 Å². The van der Waals surface area contributed by atoms with Gasteiger partial charge in [0.25, 0.3) is 0 Å². The second-order valence-electron chi connectivity index (χ2n) is 3.45. The van der Waals surface area contributed by atoms with Gasteiger partial charge in [0.1, 0.15) is 12.0 Å². The predicted molar refractivity (Wildman–Crippen MR) is 60.8 cm³/mol. The number of hydrogen-bond donors (Lipinski definition) is 0. The molecular formula is C12H8N4O. The van der Waals surface area contributed by atoms with E-state index in [-0.39, 0.29) is 0 Å². The molecule has 0 aliphatic heterocycles. The minimum Gasteiger partial charge on any atom is -0.356 e. The third kappa shape index (κ3) is 1.90. The Bertz CT molecular complexity index is 553. The highest BCUT2D eigenvalue weighted by Gasteiger charge is 2.08. The third-order valence-corrected chi connectivity index (χ3v) is 2.31. The molecule has 0 N–H and O–H groups in total. The summed E-state index contributed by atoms with van der Waals surface area (Å²) in [4.78, 5) is 11.9. The highest BCUT2D eigenvalue weighted by atomic mass is 16.5. The Kier molecular flexibility index (Phi) is 2.34. The van der Waals surface area contributed by atoms with Crippen LogP contribution < -0.4 is 0 Å². The fourth-order valence-corrected chi connectivity index (χ4v) is 1.49. The van der Waals surface area contributed by atoms with Crippen LogP contribution in [0.15, 0.2) is 53.8 Å². The molecule has 0 spiro atoms. The van der Waals surface area contributed by atoms with Crippen molar-refractivity contribution in [2.24, 2.45) is 0 Å². The Labute approximate surface area is 97.2 Å². The zero-order valence-electron chi connectivity index (χ0n) is 8.82. The van der Waals surface area contributed by atoms with Crippen LogP contribution in [0, 0.1) is 0 Å². The average molecular weight is 224 g/mol. The van der Waals surface area contributed by atoms with Gasteiger partial charge in [0.15, 0.2) is 5.76 Å². The number of aromatic nitrogens is 4. The summed E-state index contributed by atoms with van der Waals surface area (Å²) in [6.45, 7) is 0. The molecule has 3 aromatic heterocycles. The number of hydrogen-bond acceptors (Lipinski definition) is 5.